The molecule has 1 fully saturated rings. The molecule has 0 N–H and O–H groups in total. The Morgan fingerprint density at radius 1 is 1.03 bits per heavy atom. The van der Waals surface area contributed by atoms with E-state index in [1.165, 1.54) is 17.7 Å². The number of aryl methyl sites for hydroxylation is 1. The lowest BCUT2D eigenvalue weighted by Gasteiger charge is -2.34. The van der Waals surface area contributed by atoms with Crippen molar-refractivity contribution < 1.29 is 13.6 Å². The van der Waals surface area contributed by atoms with E-state index in [-0.39, 0.29) is 11.7 Å². The summed E-state index contributed by atoms with van der Waals surface area (Å²) in [7, 11) is 0. The van der Waals surface area contributed by atoms with Crippen LogP contribution in [0.4, 0.5) is 4.39 Å². The number of benzene rings is 2. The van der Waals surface area contributed by atoms with Crippen LogP contribution in [0.15, 0.2) is 59.2 Å². The molecule has 6 heteroatoms. The fourth-order valence-electron chi connectivity index (χ4n) is 3.48. The van der Waals surface area contributed by atoms with E-state index in [9.17, 15) is 9.18 Å². The van der Waals surface area contributed by atoms with Crippen molar-refractivity contribution in [2.24, 2.45) is 0 Å². The fraction of sp³-hybridized carbons (Fsp3) is 0.304. The molecule has 0 radical (unpaired) electrons. The van der Waals surface area contributed by atoms with Gasteiger partial charge in [0.15, 0.2) is 0 Å². The van der Waals surface area contributed by atoms with Crippen LogP contribution in [0.2, 0.25) is 0 Å². The predicted octanol–water partition coefficient (Wildman–Crippen LogP) is 3.68. The van der Waals surface area contributed by atoms with Gasteiger partial charge in [-0.15, -0.1) is 0 Å². The number of oxazole rings is 1. The maximum absolute atomic E-state index is 13.0. The van der Waals surface area contributed by atoms with Gasteiger partial charge in [-0.2, -0.15) is 0 Å². The standard InChI is InChI=1S/C23H24FN3O2/c1-17-2-6-19(7-3-17)23-25-21(16-29-23)15-26-10-12-27(13-11-26)22(28)14-18-4-8-20(24)9-5-18/h2-9,16H,10-15H2,1H3. The van der Waals surface area contributed by atoms with Gasteiger partial charge >= 0.3 is 0 Å². The quantitative estimate of drug-likeness (QED) is 0.664. The molecule has 0 atom stereocenters. The largest absolute Gasteiger partial charge is 0.444 e. The number of rotatable bonds is 5. The van der Waals surface area contributed by atoms with Crippen LogP contribution in [-0.4, -0.2) is 46.9 Å². The highest BCUT2D eigenvalue weighted by atomic mass is 19.1. The van der Waals surface area contributed by atoms with E-state index in [4.69, 9.17) is 4.42 Å². The number of carbonyl (C=O) groups excluding carboxylic acids is 1. The van der Waals surface area contributed by atoms with Gasteiger partial charge in [-0.1, -0.05) is 29.8 Å². The molecule has 1 aliphatic heterocycles. The van der Waals surface area contributed by atoms with Crippen LogP contribution in [0.3, 0.4) is 0 Å². The molecule has 150 valence electrons. The first-order valence-corrected chi connectivity index (χ1v) is 9.83. The number of nitrogens with zero attached hydrogens (tertiary/aromatic N) is 3. The van der Waals surface area contributed by atoms with E-state index in [2.05, 4.69) is 16.8 Å². The highest BCUT2D eigenvalue weighted by Crippen LogP contribution is 2.20. The van der Waals surface area contributed by atoms with Crippen molar-refractivity contribution >= 4 is 5.91 Å². The fourth-order valence-corrected chi connectivity index (χ4v) is 3.48. The smallest absolute Gasteiger partial charge is 0.227 e. The molecule has 4 rings (SSSR count). The summed E-state index contributed by atoms with van der Waals surface area (Å²) in [5.41, 5.74) is 3.90. The Kier molecular flexibility index (Phi) is 5.71. The molecule has 1 aliphatic rings. The normalized spacial score (nSPS) is 14.9. The molecule has 0 unspecified atom stereocenters. The van der Waals surface area contributed by atoms with Gasteiger partial charge in [0, 0.05) is 38.3 Å². The zero-order valence-electron chi connectivity index (χ0n) is 16.5. The number of amides is 1. The van der Waals surface area contributed by atoms with E-state index >= 15 is 0 Å². The Balaban J connectivity index is 1.28. The van der Waals surface area contributed by atoms with E-state index in [1.54, 1.807) is 18.4 Å². The highest BCUT2D eigenvalue weighted by Gasteiger charge is 2.22. The average Bonchev–Trinajstić information content (AvgIpc) is 3.19. The highest BCUT2D eigenvalue weighted by molar-refractivity contribution is 5.78. The SMILES string of the molecule is Cc1ccc(-c2nc(CN3CCN(C(=O)Cc4ccc(F)cc4)CC3)co2)cc1. The molecule has 1 saturated heterocycles. The molecule has 2 heterocycles. The first-order valence-electron chi connectivity index (χ1n) is 9.83. The first-order chi connectivity index (χ1) is 14.1. The van der Waals surface area contributed by atoms with Crippen LogP contribution in [0.1, 0.15) is 16.8 Å². The van der Waals surface area contributed by atoms with Gasteiger partial charge in [0.2, 0.25) is 11.8 Å². The summed E-state index contributed by atoms with van der Waals surface area (Å²) < 4.78 is 18.6. The summed E-state index contributed by atoms with van der Waals surface area (Å²) in [6.45, 7) is 5.71. The molecule has 0 spiro atoms. The minimum absolute atomic E-state index is 0.0827. The van der Waals surface area contributed by atoms with Crippen molar-refractivity contribution in [1.29, 1.82) is 0 Å². The number of aromatic nitrogens is 1. The first kappa shape index (κ1) is 19.3. The van der Waals surface area contributed by atoms with Crippen LogP contribution in [0.5, 0.6) is 0 Å². The third kappa shape index (κ3) is 4.90. The Morgan fingerprint density at radius 3 is 2.41 bits per heavy atom. The van der Waals surface area contributed by atoms with Gasteiger partial charge in [-0.25, -0.2) is 9.37 Å². The molecule has 1 aromatic heterocycles. The summed E-state index contributed by atoms with van der Waals surface area (Å²) in [4.78, 5) is 21.2. The summed E-state index contributed by atoms with van der Waals surface area (Å²) in [5, 5.41) is 0. The van der Waals surface area contributed by atoms with Crippen LogP contribution >= 0.6 is 0 Å². The van der Waals surface area contributed by atoms with Crippen LogP contribution in [0.25, 0.3) is 11.5 Å². The van der Waals surface area contributed by atoms with Crippen molar-refractivity contribution in [3.05, 3.63) is 77.4 Å². The summed E-state index contributed by atoms with van der Waals surface area (Å²) in [5.74, 6) is 0.431. The number of halogens is 1. The Labute approximate surface area is 169 Å². The number of carbonyl (C=O) groups is 1. The second-order valence-corrected chi connectivity index (χ2v) is 7.47. The minimum atomic E-state index is -0.284. The average molecular weight is 393 g/mol. The van der Waals surface area contributed by atoms with Crippen molar-refractivity contribution in [3.63, 3.8) is 0 Å². The second-order valence-electron chi connectivity index (χ2n) is 7.47. The van der Waals surface area contributed by atoms with E-state index in [0.717, 1.165) is 29.9 Å². The van der Waals surface area contributed by atoms with Gasteiger partial charge in [0.25, 0.3) is 0 Å². The van der Waals surface area contributed by atoms with Crippen molar-refractivity contribution in [1.82, 2.24) is 14.8 Å². The number of piperazine rings is 1. The molecule has 0 bridgehead atoms. The molecule has 1 amide bonds. The molecular formula is C23H24FN3O2. The Morgan fingerprint density at radius 2 is 1.72 bits per heavy atom. The third-order valence-corrected chi connectivity index (χ3v) is 5.23. The Hall–Kier alpha value is -2.99. The molecule has 0 saturated carbocycles. The van der Waals surface area contributed by atoms with Crippen LogP contribution < -0.4 is 0 Å². The lowest BCUT2D eigenvalue weighted by atomic mass is 10.1. The lowest BCUT2D eigenvalue weighted by Crippen LogP contribution is -2.48. The molecule has 0 aliphatic carbocycles. The lowest BCUT2D eigenvalue weighted by molar-refractivity contribution is -0.132. The van der Waals surface area contributed by atoms with E-state index < -0.39 is 0 Å². The third-order valence-electron chi connectivity index (χ3n) is 5.23. The van der Waals surface area contributed by atoms with E-state index in [0.29, 0.717) is 31.9 Å². The Bertz CT molecular complexity index is 959. The summed E-state index contributed by atoms with van der Waals surface area (Å²) >= 11 is 0. The number of hydrogen-bond acceptors (Lipinski definition) is 4. The topological polar surface area (TPSA) is 49.6 Å². The van der Waals surface area contributed by atoms with Gasteiger partial charge in [-0.3, -0.25) is 9.69 Å². The van der Waals surface area contributed by atoms with Crippen molar-refractivity contribution in [3.8, 4) is 11.5 Å². The summed E-state index contributed by atoms with van der Waals surface area (Å²) in [6.07, 6.45) is 2.02. The molecule has 5 nitrogen and oxygen atoms in total. The van der Waals surface area contributed by atoms with Gasteiger partial charge in [0.1, 0.15) is 12.1 Å². The predicted molar refractivity (Wildman–Crippen MR) is 109 cm³/mol. The van der Waals surface area contributed by atoms with Gasteiger partial charge in [0.05, 0.1) is 12.1 Å². The van der Waals surface area contributed by atoms with Crippen molar-refractivity contribution in [2.45, 2.75) is 19.9 Å². The minimum Gasteiger partial charge on any atom is -0.444 e. The second kappa shape index (κ2) is 8.57. The van der Waals surface area contributed by atoms with Gasteiger partial charge < -0.3 is 9.32 Å². The van der Waals surface area contributed by atoms with Gasteiger partial charge in [-0.05, 0) is 36.8 Å². The molecule has 3 aromatic rings. The van der Waals surface area contributed by atoms with Crippen LogP contribution in [-0.2, 0) is 17.8 Å². The van der Waals surface area contributed by atoms with Crippen molar-refractivity contribution in [2.75, 3.05) is 26.2 Å². The van der Waals surface area contributed by atoms with E-state index in [1.807, 2.05) is 29.2 Å². The van der Waals surface area contributed by atoms with Crippen LogP contribution in [0, 0.1) is 12.7 Å². The zero-order chi connectivity index (χ0) is 20.2. The molecule has 2 aromatic carbocycles. The monoisotopic (exact) mass is 393 g/mol. The number of hydrogen-bond donors (Lipinski definition) is 0. The maximum atomic E-state index is 13.0. The maximum Gasteiger partial charge on any atom is 0.227 e. The summed E-state index contributed by atoms with van der Waals surface area (Å²) in [6, 6.07) is 14.2. The zero-order valence-corrected chi connectivity index (χ0v) is 16.5. The molecule has 29 heavy (non-hydrogen) atoms. The molecular weight excluding hydrogens is 369 g/mol.